The van der Waals surface area contributed by atoms with Crippen LogP contribution in [-0.4, -0.2) is 31.1 Å². The lowest BCUT2D eigenvalue weighted by Gasteiger charge is -2.20. The topological polar surface area (TPSA) is 52.6 Å². The Morgan fingerprint density at radius 1 is 0.750 bits per heavy atom. The molecule has 5 heteroatoms. The average Bonchev–Trinajstić information content (AvgIpc) is 2.58. The molecule has 0 heterocycles. The van der Waals surface area contributed by atoms with Crippen molar-refractivity contribution in [2.75, 3.05) is 19.5 Å². The van der Waals surface area contributed by atoms with E-state index in [0.717, 1.165) is 18.2 Å². The minimum absolute atomic E-state index is 0.0206. The lowest BCUT2D eigenvalue weighted by atomic mass is 9.89. The lowest BCUT2D eigenvalue weighted by Crippen LogP contribution is -2.25. The Kier molecular flexibility index (Phi) is 9.99. The molecule has 136 valence electrons. The van der Waals surface area contributed by atoms with Crippen molar-refractivity contribution in [3.8, 4) is 0 Å². The van der Waals surface area contributed by atoms with E-state index in [2.05, 4.69) is 15.9 Å². The van der Waals surface area contributed by atoms with E-state index in [0.29, 0.717) is 17.6 Å². The molecule has 0 bridgehead atoms. The highest BCUT2D eigenvalue weighted by atomic mass is 79.9. The van der Waals surface area contributed by atoms with Crippen LogP contribution in [0.2, 0.25) is 0 Å². The van der Waals surface area contributed by atoms with Crippen LogP contribution in [0.1, 0.15) is 64.7 Å². The van der Waals surface area contributed by atoms with Gasteiger partial charge in [0.15, 0.2) is 0 Å². The molecule has 0 atom stereocenters. The van der Waals surface area contributed by atoms with Crippen molar-refractivity contribution in [3.05, 3.63) is 22.7 Å². The standard InChI is InChI=1S/C19H29BrO4/c1-14-15(12-10-8-6-4-5-7-9-11-13-20)17(22)19(24-3)18(23-2)16(14)21/h4-13H2,1-3H3. The zero-order chi connectivity index (χ0) is 17.9. The number of halogens is 1. The SMILES string of the molecule is COC1=C(OC)C(=O)C(CCCCCCCCCCBr)=C(C)C1=O. The van der Waals surface area contributed by atoms with Crippen LogP contribution in [0.3, 0.4) is 0 Å². The monoisotopic (exact) mass is 400 g/mol. The Hall–Kier alpha value is -1.10. The number of ether oxygens (including phenoxy) is 2. The zero-order valence-electron chi connectivity index (χ0n) is 15.1. The van der Waals surface area contributed by atoms with E-state index in [4.69, 9.17) is 9.47 Å². The van der Waals surface area contributed by atoms with Gasteiger partial charge in [0, 0.05) is 16.5 Å². The number of methoxy groups -OCH3 is 2. The first kappa shape index (κ1) is 20.9. The molecule has 0 aromatic carbocycles. The maximum atomic E-state index is 12.5. The zero-order valence-corrected chi connectivity index (χ0v) is 16.7. The summed E-state index contributed by atoms with van der Waals surface area (Å²) >= 11 is 3.45. The first-order valence-corrected chi connectivity index (χ1v) is 9.88. The third-order valence-electron chi connectivity index (χ3n) is 4.40. The molecule has 24 heavy (non-hydrogen) atoms. The third kappa shape index (κ3) is 5.76. The molecule has 0 saturated heterocycles. The van der Waals surface area contributed by atoms with Gasteiger partial charge in [-0.2, -0.15) is 0 Å². The second-order valence-corrected chi connectivity index (χ2v) is 6.89. The van der Waals surface area contributed by atoms with Crippen molar-refractivity contribution in [2.24, 2.45) is 0 Å². The molecule has 1 rings (SSSR count). The molecule has 0 amide bonds. The van der Waals surface area contributed by atoms with E-state index in [1.165, 1.54) is 52.7 Å². The fourth-order valence-corrected chi connectivity index (χ4v) is 3.35. The summed E-state index contributed by atoms with van der Waals surface area (Å²) in [7, 11) is 2.78. The highest BCUT2D eigenvalue weighted by Crippen LogP contribution is 2.28. The molecular formula is C19H29BrO4. The number of Topliss-reactive ketones (excluding diaryl/α,β-unsaturated/α-hetero) is 2. The van der Waals surface area contributed by atoms with Crippen LogP contribution in [0, 0.1) is 0 Å². The summed E-state index contributed by atoms with van der Waals surface area (Å²) in [6.07, 6.45) is 10.2. The molecule has 0 N–H and O–H groups in total. The Balaban J connectivity index is 2.41. The normalized spacial score (nSPS) is 15.3. The number of carbonyl (C=O) groups is 2. The van der Waals surface area contributed by atoms with Crippen molar-refractivity contribution < 1.29 is 19.1 Å². The van der Waals surface area contributed by atoms with Gasteiger partial charge in [0.1, 0.15) is 0 Å². The Labute approximate surface area is 153 Å². The second-order valence-electron chi connectivity index (χ2n) is 6.10. The predicted molar refractivity (Wildman–Crippen MR) is 99.1 cm³/mol. The molecule has 0 aromatic rings. The van der Waals surface area contributed by atoms with Crippen molar-refractivity contribution >= 4 is 27.5 Å². The van der Waals surface area contributed by atoms with Gasteiger partial charge in [-0.05, 0) is 26.2 Å². The predicted octanol–water partition coefficient (Wildman–Crippen LogP) is 4.86. The fourth-order valence-electron chi connectivity index (χ4n) is 2.95. The minimum atomic E-state index is -0.240. The summed E-state index contributed by atoms with van der Waals surface area (Å²) in [5.41, 5.74) is 1.07. The molecular weight excluding hydrogens is 372 g/mol. The van der Waals surface area contributed by atoms with E-state index in [9.17, 15) is 9.59 Å². The van der Waals surface area contributed by atoms with Gasteiger partial charge in [-0.25, -0.2) is 0 Å². The van der Waals surface area contributed by atoms with Crippen LogP contribution in [-0.2, 0) is 19.1 Å². The number of hydrogen-bond acceptors (Lipinski definition) is 4. The summed E-state index contributed by atoms with van der Waals surface area (Å²) in [4.78, 5) is 24.7. The smallest absolute Gasteiger partial charge is 0.228 e. The van der Waals surface area contributed by atoms with Crippen LogP contribution in [0.5, 0.6) is 0 Å². The summed E-state index contributed by atoms with van der Waals surface area (Å²) in [6.45, 7) is 1.70. The molecule has 1 aliphatic carbocycles. The highest BCUT2D eigenvalue weighted by molar-refractivity contribution is 9.09. The lowest BCUT2D eigenvalue weighted by molar-refractivity contribution is -0.121. The maximum absolute atomic E-state index is 12.5. The number of alkyl halides is 1. The van der Waals surface area contributed by atoms with Crippen LogP contribution in [0.25, 0.3) is 0 Å². The van der Waals surface area contributed by atoms with Crippen molar-refractivity contribution in [1.29, 1.82) is 0 Å². The van der Waals surface area contributed by atoms with Crippen molar-refractivity contribution in [3.63, 3.8) is 0 Å². The molecule has 0 aromatic heterocycles. The van der Waals surface area contributed by atoms with Crippen LogP contribution >= 0.6 is 15.9 Å². The molecule has 4 nitrogen and oxygen atoms in total. The highest BCUT2D eigenvalue weighted by Gasteiger charge is 2.34. The Morgan fingerprint density at radius 2 is 1.21 bits per heavy atom. The van der Waals surface area contributed by atoms with E-state index in [-0.39, 0.29) is 23.1 Å². The van der Waals surface area contributed by atoms with Crippen molar-refractivity contribution in [1.82, 2.24) is 0 Å². The quantitative estimate of drug-likeness (QED) is 0.266. The molecule has 0 aliphatic heterocycles. The summed E-state index contributed by atoms with van der Waals surface area (Å²) in [6, 6.07) is 0. The number of ketones is 2. The molecule has 0 unspecified atom stereocenters. The van der Waals surface area contributed by atoms with Crippen LogP contribution in [0.15, 0.2) is 22.7 Å². The molecule has 0 spiro atoms. The number of rotatable bonds is 12. The van der Waals surface area contributed by atoms with Gasteiger partial charge in [-0.3, -0.25) is 9.59 Å². The number of allylic oxidation sites excluding steroid dienone is 2. The summed E-state index contributed by atoms with van der Waals surface area (Å²) in [5.74, 6) is -0.390. The molecule has 0 fully saturated rings. The largest absolute Gasteiger partial charge is 0.489 e. The third-order valence-corrected chi connectivity index (χ3v) is 4.97. The van der Waals surface area contributed by atoms with Gasteiger partial charge in [0.25, 0.3) is 0 Å². The fraction of sp³-hybridized carbons (Fsp3) is 0.684. The summed E-state index contributed by atoms with van der Waals surface area (Å²) in [5, 5.41) is 1.09. The Morgan fingerprint density at radius 3 is 1.71 bits per heavy atom. The number of carbonyl (C=O) groups excluding carboxylic acids is 2. The van der Waals surface area contributed by atoms with Gasteiger partial charge < -0.3 is 9.47 Å². The van der Waals surface area contributed by atoms with Crippen molar-refractivity contribution in [2.45, 2.75) is 64.7 Å². The van der Waals surface area contributed by atoms with E-state index in [1.807, 2.05) is 0 Å². The van der Waals surface area contributed by atoms with Gasteiger partial charge >= 0.3 is 0 Å². The summed E-state index contributed by atoms with van der Waals surface area (Å²) < 4.78 is 10.1. The first-order chi connectivity index (χ1) is 11.6. The van der Waals surface area contributed by atoms with Gasteiger partial charge in [-0.15, -0.1) is 0 Å². The van der Waals surface area contributed by atoms with Gasteiger partial charge in [-0.1, -0.05) is 54.5 Å². The Bertz CT molecular complexity index is 505. The van der Waals surface area contributed by atoms with E-state index < -0.39 is 0 Å². The number of hydrogen-bond donors (Lipinski definition) is 0. The molecule has 0 radical (unpaired) electrons. The second kappa shape index (κ2) is 11.5. The van der Waals surface area contributed by atoms with E-state index in [1.54, 1.807) is 6.92 Å². The minimum Gasteiger partial charge on any atom is -0.489 e. The molecule has 0 saturated carbocycles. The first-order valence-electron chi connectivity index (χ1n) is 8.75. The van der Waals surface area contributed by atoms with Crippen LogP contribution in [0.4, 0.5) is 0 Å². The van der Waals surface area contributed by atoms with Gasteiger partial charge in [0.05, 0.1) is 14.2 Å². The maximum Gasteiger partial charge on any atom is 0.228 e. The molecule has 1 aliphatic rings. The average molecular weight is 401 g/mol. The van der Waals surface area contributed by atoms with Gasteiger partial charge in [0.2, 0.25) is 23.1 Å². The van der Waals surface area contributed by atoms with Crippen LogP contribution < -0.4 is 0 Å². The number of unbranched alkanes of at least 4 members (excludes halogenated alkanes) is 7. The van der Waals surface area contributed by atoms with E-state index >= 15 is 0 Å².